The van der Waals surface area contributed by atoms with E-state index in [0.29, 0.717) is 5.82 Å². The Morgan fingerprint density at radius 2 is 1.94 bits per heavy atom. The molecule has 0 fully saturated rings. The van der Waals surface area contributed by atoms with E-state index in [0.717, 1.165) is 0 Å². The third-order valence-corrected chi connectivity index (χ3v) is 2.49. The Morgan fingerprint density at radius 1 is 1.35 bits per heavy atom. The van der Waals surface area contributed by atoms with E-state index in [4.69, 9.17) is 28.3 Å². The number of pyridine rings is 1. The van der Waals surface area contributed by atoms with Crippen molar-refractivity contribution in [1.29, 1.82) is 0 Å². The molecule has 0 atom stereocenters. The van der Waals surface area contributed by atoms with Crippen molar-refractivity contribution in [2.45, 2.75) is 5.92 Å². The first-order valence-electron chi connectivity index (χ1n) is 4.66. The van der Waals surface area contributed by atoms with Crippen LogP contribution in [0.25, 0.3) is 0 Å². The van der Waals surface area contributed by atoms with Gasteiger partial charge in [-0.2, -0.15) is 0 Å². The lowest BCUT2D eigenvalue weighted by Gasteiger charge is -2.16. The number of hydrogen-bond donors (Lipinski definition) is 3. The molecule has 0 amide bonds. The standard InChI is InChI=1S/C9H11Cl2F2N3O/c1-14-7-5(10)2-6(11)8(16-7)15-3-9(12,13)4-17/h2,17H,3-4H2,1H3,(H2,14,15,16). The summed E-state index contributed by atoms with van der Waals surface area (Å²) >= 11 is 11.6. The van der Waals surface area contributed by atoms with Crippen LogP contribution in [0, 0.1) is 0 Å². The van der Waals surface area contributed by atoms with Crippen LogP contribution in [-0.2, 0) is 0 Å². The minimum Gasteiger partial charge on any atom is -0.390 e. The van der Waals surface area contributed by atoms with Crippen LogP contribution in [0.2, 0.25) is 10.0 Å². The molecule has 0 saturated carbocycles. The highest BCUT2D eigenvalue weighted by molar-refractivity contribution is 6.37. The molecule has 0 unspecified atom stereocenters. The van der Waals surface area contributed by atoms with Crippen LogP contribution in [0.1, 0.15) is 0 Å². The van der Waals surface area contributed by atoms with E-state index in [1.165, 1.54) is 6.07 Å². The van der Waals surface area contributed by atoms with Gasteiger partial charge in [0, 0.05) is 7.05 Å². The predicted molar refractivity (Wildman–Crippen MR) is 64.3 cm³/mol. The van der Waals surface area contributed by atoms with Crippen molar-refractivity contribution in [3.8, 4) is 0 Å². The van der Waals surface area contributed by atoms with Gasteiger partial charge in [-0.3, -0.25) is 0 Å². The van der Waals surface area contributed by atoms with Gasteiger partial charge in [0.05, 0.1) is 16.6 Å². The molecule has 1 aromatic heterocycles. The van der Waals surface area contributed by atoms with Gasteiger partial charge >= 0.3 is 0 Å². The second kappa shape index (κ2) is 5.66. The van der Waals surface area contributed by atoms with E-state index in [1.807, 2.05) is 0 Å². The first-order valence-corrected chi connectivity index (χ1v) is 5.41. The van der Waals surface area contributed by atoms with Crippen LogP contribution in [-0.4, -0.2) is 36.2 Å². The van der Waals surface area contributed by atoms with Gasteiger partial charge in [-0.15, -0.1) is 0 Å². The number of anilines is 2. The molecule has 8 heteroatoms. The molecule has 4 nitrogen and oxygen atoms in total. The molecule has 0 aliphatic heterocycles. The van der Waals surface area contributed by atoms with E-state index in [-0.39, 0.29) is 15.9 Å². The number of aliphatic hydroxyl groups excluding tert-OH is 1. The average molecular weight is 286 g/mol. The number of rotatable bonds is 5. The molecular formula is C9H11Cl2F2N3O. The smallest absolute Gasteiger partial charge is 0.287 e. The summed E-state index contributed by atoms with van der Waals surface area (Å²) in [5.74, 6) is -2.83. The molecule has 0 saturated heterocycles. The SMILES string of the molecule is CNc1nc(NCC(F)(F)CO)c(Cl)cc1Cl. The molecule has 0 bridgehead atoms. The number of halogens is 4. The first kappa shape index (κ1) is 14.2. The van der Waals surface area contributed by atoms with Crippen LogP contribution in [0.15, 0.2) is 6.07 Å². The highest BCUT2D eigenvalue weighted by Gasteiger charge is 2.27. The van der Waals surface area contributed by atoms with E-state index < -0.39 is 19.1 Å². The summed E-state index contributed by atoms with van der Waals surface area (Å²) in [6, 6.07) is 1.39. The fourth-order valence-corrected chi connectivity index (χ4v) is 1.55. The van der Waals surface area contributed by atoms with Crippen LogP contribution in [0.3, 0.4) is 0 Å². The van der Waals surface area contributed by atoms with Crippen LogP contribution < -0.4 is 10.6 Å². The maximum absolute atomic E-state index is 12.8. The number of hydrogen-bond acceptors (Lipinski definition) is 4. The Balaban J connectivity index is 2.84. The minimum absolute atomic E-state index is 0.0774. The summed E-state index contributed by atoms with van der Waals surface area (Å²) in [7, 11) is 1.59. The highest BCUT2D eigenvalue weighted by Crippen LogP contribution is 2.29. The van der Waals surface area contributed by atoms with Gasteiger partial charge in [-0.25, -0.2) is 13.8 Å². The van der Waals surface area contributed by atoms with Gasteiger partial charge in [-0.1, -0.05) is 23.2 Å². The lowest BCUT2D eigenvalue weighted by atomic mass is 10.3. The third-order valence-electron chi connectivity index (χ3n) is 1.91. The Kier molecular flexibility index (Phi) is 4.73. The summed E-state index contributed by atoms with van der Waals surface area (Å²) in [5, 5.41) is 13.9. The van der Waals surface area contributed by atoms with Gasteiger partial charge in [0.25, 0.3) is 5.92 Å². The molecule has 3 N–H and O–H groups in total. The summed E-state index contributed by atoms with van der Waals surface area (Å²) in [6.45, 7) is -2.01. The average Bonchev–Trinajstić information content (AvgIpc) is 2.28. The van der Waals surface area contributed by atoms with Crippen molar-refractivity contribution in [3.05, 3.63) is 16.1 Å². The van der Waals surface area contributed by atoms with Crippen LogP contribution in [0.4, 0.5) is 20.4 Å². The predicted octanol–water partition coefficient (Wildman–Crippen LogP) is 2.47. The van der Waals surface area contributed by atoms with Crippen molar-refractivity contribution in [2.24, 2.45) is 0 Å². The van der Waals surface area contributed by atoms with Crippen LogP contribution in [0.5, 0.6) is 0 Å². The summed E-state index contributed by atoms with van der Waals surface area (Å²) in [5.41, 5.74) is 0. The van der Waals surface area contributed by atoms with Gasteiger partial charge < -0.3 is 15.7 Å². The summed E-state index contributed by atoms with van der Waals surface area (Å²) < 4.78 is 25.6. The molecule has 0 spiro atoms. The zero-order valence-electron chi connectivity index (χ0n) is 8.90. The second-order valence-corrected chi connectivity index (χ2v) is 4.08. The van der Waals surface area contributed by atoms with Crippen LogP contribution >= 0.6 is 23.2 Å². The quantitative estimate of drug-likeness (QED) is 0.778. The fourth-order valence-electron chi connectivity index (χ4n) is 1.03. The molecule has 0 aliphatic rings. The lowest BCUT2D eigenvalue weighted by Crippen LogP contribution is -2.31. The topological polar surface area (TPSA) is 57.2 Å². The van der Waals surface area contributed by atoms with E-state index in [9.17, 15) is 8.78 Å². The molecule has 1 heterocycles. The Labute approximate surface area is 107 Å². The summed E-state index contributed by atoms with van der Waals surface area (Å²) in [6.07, 6.45) is 0. The number of nitrogens with zero attached hydrogens (tertiary/aromatic N) is 1. The Morgan fingerprint density at radius 3 is 2.47 bits per heavy atom. The largest absolute Gasteiger partial charge is 0.390 e. The zero-order valence-corrected chi connectivity index (χ0v) is 10.4. The Bertz CT molecular complexity index is 404. The zero-order chi connectivity index (χ0) is 13.1. The normalized spacial score (nSPS) is 11.4. The molecule has 96 valence electrons. The minimum atomic E-state index is -3.23. The van der Waals surface area contributed by atoms with E-state index in [1.54, 1.807) is 7.05 Å². The second-order valence-electron chi connectivity index (χ2n) is 3.27. The molecule has 0 aliphatic carbocycles. The van der Waals surface area contributed by atoms with Crippen molar-refractivity contribution in [3.63, 3.8) is 0 Å². The van der Waals surface area contributed by atoms with Gasteiger partial charge in [-0.05, 0) is 6.07 Å². The monoisotopic (exact) mass is 285 g/mol. The number of aliphatic hydroxyl groups is 1. The van der Waals surface area contributed by atoms with E-state index >= 15 is 0 Å². The number of alkyl halides is 2. The van der Waals surface area contributed by atoms with Crippen molar-refractivity contribution in [2.75, 3.05) is 30.8 Å². The molecule has 0 radical (unpaired) electrons. The summed E-state index contributed by atoms with van der Waals surface area (Å²) in [4.78, 5) is 3.93. The van der Waals surface area contributed by atoms with Gasteiger partial charge in [0.1, 0.15) is 18.2 Å². The fraction of sp³-hybridized carbons (Fsp3) is 0.444. The molecule has 17 heavy (non-hydrogen) atoms. The first-order chi connectivity index (χ1) is 7.89. The lowest BCUT2D eigenvalue weighted by molar-refractivity contribution is -0.0373. The maximum Gasteiger partial charge on any atom is 0.287 e. The van der Waals surface area contributed by atoms with Crippen molar-refractivity contribution >= 4 is 34.8 Å². The molecule has 1 aromatic rings. The van der Waals surface area contributed by atoms with Crippen molar-refractivity contribution < 1.29 is 13.9 Å². The molecule has 0 aromatic carbocycles. The highest BCUT2D eigenvalue weighted by atomic mass is 35.5. The van der Waals surface area contributed by atoms with Crippen molar-refractivity contribution in [1.82, 2.24) is 4.98 Å². The van der Waals surface area contributed by atoms with Gasteiger partial charge in [0.2, 0.25) is 0 Å². The maximum atomic E-state index is 12.8. The van der Waals surface area contributed by atoms with E-state index in [2.05, 4.69) is 15.6 Å². The molecule has 1 rings (SSSR count). The Hall–Kier alpha value is -0.850. The van der Waals surface area contributed by atoms with Gasteiger partial charge in [0.15, 0.2) is 0 Å². The molecular weight excluding hydrogens is 275 g/mol. The number of nitrogens with one attached hydrogen (secondary N) is 2. The third kappa shape index (κ3) is 3.83. The number of aromatic nitrogens is 1.